The van der Waals surface area contributed by atoms with Gasteiger partial charge in [0.25, 0.3) is 0 Å². The number of hydrogen-bond acceptors (Lipinski definition) is 3. The molecule has 21 heavy (non-hydrogen) atoms. The average Bonchev–Trinajstić information content (AvgIpc) is 2.27. The number of hydrogen-bond donors (Lipinski definition) is 0. The van der Waals surface area contributed by atoms with Gasteiger partial charge in [0.05, 0.1) is 7.32 Å². The summed E-state index contributed by atoms with van der Waals surface area (Å²) >= 11 is 0. The van der Waals surface area contributed by atoms with E-state index in [0.717, 1.165) is 0 Å². The third-order valence-corrected chi connectivity index (χ3v) is 1.96. The van der Waals surface area contributed by atoms with Crippen molar-refractivity contribution in [3.63, 3.8) is 0 Å². The minimum Gasteiger partial charge on any atom is -0.871 e. The molecule has 0 saturated carbocycles. The quantitative estimate of drug-likeness (QED) is 0.232. The molecular weight excluding hydrogens is 366 g/mol. The zero-order valence-electron chi connectivity index (χ0n) is 10.6. The summed E-state index contributed by atoms with van der Waals surface area (Å²) in [5.74, 6) is -9.37. The molecule has 1 aromatic carbocycles. The topological polar surface area (TPSA) is 55.3 Å². The third-order valence-electron chi connectivity index (χ3n) is 1.96. The van der Waals surface area contributed by atoms with Gasteiger partial charge in [0.15, 0.2) is 29.4 Å². The van der Waals surface area contributed by atoms with Crippen LogP contribution in [0.3, 0.4) is 0 Å². The zero-order valence-corrected chi connectivity index (χ0v) is 16.8. The van der Waals surface area contributed by atoms with E-state index >= 15 is 0 Å². The molecule has 0 fully saturated rings. The normalized spacial score (nSPS) is 12.2. The summed E-state index contributed by atoms with van der Waals surface area (Å²) in [6, 6.07) is -0.339. The van der Waals surface area contributed by atoms with Gasteiger partial charge < -0.3 is 14.7 Å². The van der Waals surface area contributed by atoms with Crippen LogP contribution in [0.25, 0.3) is 0 Å². The van der Waals surface area contributed by atoms with E-state index in [0.29, 0.717) is 0 Å². The van der Waals surface area contributed by atoms with Crippen molar-refractivity contribution in [2.75, 3.05) is 0 Å². The molecule has 0 saturated heterocycles. The van der Waals surface area contributed by atoms with Gasteiger partial charge in [0.2, 0.25) is 0 Å². The van der Waals surface area contributed by atoms with Gasteiger partial charge in [-0.3, -0.25) is 0 Å². The molecule has 0 heterocycles. The molecule has 0 amide bonds. The molecule has 1 rings (SSSR count). The molecule has 13 heteroatoms. The summed E-state index contributed by atoms with van der Waals surface area (Å²) in [6.07, 6.45) is -9.00. The van der Waals surface area contributed by atoms with Crippen LogP contribution in [-0.2, 0) is 4.65 Å². The summed E-state index contributed by atoms with van der Waals surface area (Å²) in [5, 5.41) is 20.1. The second kappa shape index (κ2) is 10.1. The molecule has 0 aliphatic heterocycles. The molecule has 0 bridgehead atoms. The third kappa shape index (κ3) is 6.76. The fourth-order valence-electron chi connectivity index (χ4n) is 1.22. The van der Waals surface area contributed by atoms with Crippen LogP contribution in [0.15, 0.2) is 6.07 Å². The summed E-state index contributed by atoms with van der Waals surface area (Å²) in [6.45, 7) is 0. The van der Waals surface area contributed by atoms with E-state index in [9.17, 15) is 40.8 Å². The first-order valence-electron chi connectivity index (χ1n) is 4.42. The molecule has 0 aliphatic rings. The van der Waals surface area contributed by atoms with Crippen molar-refractivity contribution in [2.45, 2.75) is 12.3 Å². The van der Waals surface area contributed by atoms with Gasteiger partial charge in [-0.05, 0) is 6.07 Å². The average molecular weight is 368 g/mol. The van der Waals surface area contributed by atoms with E-state index in [4.69, 9.17) is 0 Å². The van der Waals surface area contributed by atoms with Gasteiger partial charge in [-0.15, -0.1) is 0 Å². The van der Waals surface area contributed by atoms with Gasteiger partial charge >= 0.3 is 109 Å². The second-order valence-corrected chi connectivity index (χ2v) is 3.24. The van der Waals surface area contributed by atoms with E-state index in [1.54, 1.807) is 0 Å². The predicted molar refractivity (Wildman–Crippen MR) is 41.9 cm³/mol. The Balaban J connectivity index is 0. The van der Waals surface area contributed by atoms with Crippen LogP contribution in [0.2, 0.25) is 0 Å². The Morgan fingerprint density at radius 2 is 1.43 bits per heavy atom. The van der Waals surface area contributed by atoms with Gasteiger partial charge in [0.1, 0.15) is 0 Å². The number of alkyl halides is 3. The summed E-state index contributed by atoms with van der Waals surface area (Å²) in [4.78, 5) is 0. The van der Waals surface area contributed by atoms with Crippen molar-refractivity contribution in [1.82, 2.24) is 0 Å². The first-order chi connectivity index (χ1) is 8.55. The van der Waals surface area contributed by atoms with Gasteiger partial charge in [0, 0.05) is 5.56 Å². The smallest absolute Gasteiger partial charge is 0.871 e. The van der Waals surface area contributed by atoms with Crippen LogP contribution in [-0.4, -0.2) is 13.5 Å². The van der Waals surface area contributed by atoms with Crippen molar-refractivity contribution in [2.24, 2.45) is 0 Å². The Morgan fingerprint density at radius 3 is 1.81 bits per heavy atom. The molecular formula is C8H2BF7K2O3. The van der Waals surface area contributed by atoms with Crippen LogP contribution in [0, 0.1) is 23.3 Å². The van der Waals surface area contributed by atoms with Crippen LogP contribution >= 0.6 is 0 Å². The number of halogens is 7. The maximum absolute atomic E-state index is 13.1. The molecule has 1 aromatic rings. The summed E-state index contributed by atoms with van der Waals surface area (Å²) in [5.41, 5.74) is -1.83. The van der Waals surface area contributed by atoms with Gasteiger partial charge in [-0.1, -0.05) is 0 Å². The molecule has 0 aliphatic carbocycles. The Bertz CT molecular complexity index is 486. The first kappa shape index (κ1) is 25.2. The monoisotopic (exact) mass is 368 g/mol. The van der Waals surface area contributed by atoms with Crippen LogP contribution in [0.1, 0.15) is 11.7 Å². The largest absolute Gasteiger partial charge is 1.00 e. The van der Waals surface area contributed by atoms with E-state index in [1.165, 1.54) is 0 Å². The van der Waals surface area contributed by atoms with Crippen LogP contribution in [0.4, 0.5) is 30.7 Å². The van der Waals surface area contributed by atoms with Crippen LogP contribution in [0.5, 0.6) is 0 Å². The second-order valence-electron chi connectivity index (χ2n) is 3.24. The predicted octanol–water partition coefficient (Wildman–Crippen LogP) is -5.42. The molecule has 0 spiro atoms. The minimum absolute atomic E-state index is 0. The van der Waals surface area contributed by atoms with E-state index in [2.05, 4.69) is 4.65 Å². The number of rotatable bonds is 3. The maximum atomic E-state index is 13.1. The molecule has 1 unspecified atom stereocenters. The Morgan fingerprint density at radius 1 is 0.952 bits per heavy atom. The fraction of sp³-hybridized carbons (Fsp3) is 0.250. The Hall–Kier alpha value is 1.95. The molecule has 1 atom stereocenters. The maximum Gasteiger partial charge on any atom is 1.00 e. The Kier molecular flexibility index (Phi) is 12.1. The minimum atomic E-state index is -5.50. The van der Waals surface area contributed by atoms with Crippen LogP contribution < -0.4 is 113 Å². The standard InChI is InChI=1S/C8H2BF7O3.2K/c10-3-1-2(4(11)6(13)5(3)12)7(8(14,15)16)19-9(17)18;;/h1,7H;;/q-2;2*+1. The molecule has 0 N–H and O–H groups in total. The van der Waals surface area contributed by atoms with Gasteiger partial charge in [-0.25, -0.2) is 17.6 Å². The zero-order chi connectivity index (χ0) is 15.0. The SMILES string of the molecule is [K+].[K+].[O-]B([O-])OC(c1cc(F)c(F)c(F)c1F)C(F)(F)F. The van der Waals surface area contributed by atoms with E-state index in [1.807, 2.05) is 0 Å². The summed E-state index contributed by atoms with van der Waals surface area (Å²) in [7, 11) is -3.48. The van der Waals surface area contributed by atoms with Crippen molar-refractivity contribution in [3.05, 3.63) is 34.9 Å². The van der Waals surface area contributed by atoms with Gasteiger partial charge in [-0.2, -0.15) is 13.2 Å². The van der Waals surface area contributed by atoms with Crippen molar-refractivity contribution < 1.29 is 148 Å². The van der Waals surface area contributed by atoms with Crippen molar-refractivity contribution >= 4 is 7.32 Å². The van der Waals surface area contributed by atoms with E-state index < -0.39 is 48.4 Å². The molecule has 0 radical (unpaired) electrons. The van der Waals surface area contributed by atoms with Crippen molar-refractivity contribution in [3.8, 4) is 0 Å². The van der Waals surface area contributed by atoms with E-state index in [-0.39, 0.29) is 109 Å². The number of benzene rings is 1. The summed E-state index contributed by atoms with van der Waals surface area (Å²) < 4.78 is 91.7. The molecule has 3 nitrogen and oxygen atoms in total. The fourth-order valence-corrected chi connectivity index (χ4v) is 1.22. The first-order valence-corrected chi connectivity index (χ1v) is 4.42. The Labute approximate surface area is 199 Å². The van der Waals surface area contributed by atoms with Crippen molar-refractivity contribution in [1.29, 1.82) is 0 Å². The molecule has 0 aromatic heterocycles. The molecule has 106 valence electrons.